The van der Waals surface area contributed by atoms with E-state index in [-0.39, 0.29) is 49.1 Å². The van der Waals surface area contributed by atoms with Gasteiger partial charge >= 0.3 is 24.1 Å². The number of ketones is 2. The molecule has 0 unspecified atom stereocenters. The SMILES string of the molecule is CC(=O)[C@H](CC(=O)O)N(C)C(=O)[C@H](C1CCCC1)N(C)C(=O)C1(NC(=O)[C@@H]2CCCN2C(=O)OCc2ccccc2)CCCC1.CC(=O)[C@H](CC(=O)OC(C)(C)C)N(C)C(=O)[C@H](C1CCCC1)N(C)C(=O)C1(NC(=O)[C@@H]2CCCN2C(=O)OCc2ccccc2)CCCC1. The Hall–Kier alpha value is -7.92. The number of ether oxygens (including phenoxy) is 3. The van der Waals surface area contributed by atoms with Crippen LogP contribution in [0.2, 0.25) is 0 Å². The number of carbonyl (C=O) groups excluding carboxylic acids is 11. The van der Waals surface area contributed by atoms with Crippen LogP contribution in [0.25, 0.3) is 0 Å². The van der Waals surface area contributed by atoms with Crippen molar-refractivity contribution in [1.82, 2.24) is 40.0 Å². The highest BCUT2D eigenvalue weighted by molar-refractivity contribution is 6.00. The summed E-state index contributed by atoms with van der Waals surface area (Å²) in [5.41, 5.74) is -1.56. The van der Waals surface area contributed by atoms with Gasteiger partial charge in [0, 0.05) is 41.3 Å². The van der Waals surface area contributed by atoms with E-state index >= 15 is 0 Å². The molecule has 0 bridgehead atoms. The summed E-state index contributed by atoms with van der Waals surface area (Å²) in [5.74, 6) is -5.39. The lowest BCUT2D eigenvalue weighted by Gasteiger charge is -2.41. The molecule has 6 atom stereocenters. The minimum Gasteiger partial charge on any atom is -0.481 e. The summed E-state index contributed by atoms with van der Waals surface area (Å²) >= 11 is 0. The number of nitrogens with zero attached hydrogens (tertiary/aromatic N) is 6. The van der Waals surface area contributed by atoms with Gasteiger partial charge in [0.15, 0.2) is 11.6 Å². The largest absolute Gasteiger partial charge is 0.481 e. The lowest BCUT2D eigenvalue weighted by Crippen LogP contribution is -2.64. The van der Waals surface area contributed by atoms with Gasteiger partial charge in [0.25, 0.3) is 0 Å². The van der Waals surface area contributed by atoms with Gasteiger partial charge in [-0.3, -0.25) is 57.7 Å². The molecule has 0 spiro atoms. The average molecular weight is 1310 g/mol. The molecule has 2 aliphatic heterocycles. The molecular weight excluding hydrogens is 1210 g/mol. The van der Waals surface area contributed by atoms with Crippen LogP contribution >= 0.6 is 0 Å². The predicted octanol–water partition coefficient (Wildman–Crippen LogP) is 7.51. The molecule has 4 saturated carbocycles. The Kier molecular flexibility index (Phi) is 25.8. The Bertz CT molecular complexity index is 3020. The Morgan fingerprint density at radius 3 is 1.19 bits per heavy atom. The fourth-order valence-corrected chi connectivity index (χ4v) is 14.9. The maximum atomic E-state index is 14.5. The first-order valence-corrected chi connectivity index (χ1v) is 33.7. The number of carbonyl (C=O) groups is 12. The Balaban J connectivity index is 0.000000267. The van der Waals surface area contributed by atoms with Gasteiger partial charge in [-0.25, -0.2) is 9.59 Å². The van der Waals surface area contributed by atoms with Crippen molar-refractivity contribution in [3.63, 3.8) is 0 Å². The van der Waals surface area contributed by atoms with Gasteiger partial charge in [0.2, 0.25) is 35.4 Å². The van der Waals surface area contributed by atoms with E-state index in [1.54, 1.807) is 34.9 Å². The number of amides is 8. The molecule has 6 aliphatic rings. The standard InChI is InChI=1S/C37H54N4O8.C33H46N4O8/c1-25(42)29(23-30(43)49-36(2,3)4)39(5)33(45)31(27-17-10-11-18-27)40(6)34(46)37(20-12-13-21-37)38-32(44)28-19-14-22-41(28)35(47)48-24-26-15-8-7-9-16-26;1-22(38)26(20-27(39)40)35(2)30(42)28(24-14-7-8-15-24)36(3)31(43)33(17-9-10-18-33)34-29(41)25-16-11-19-37(25)32(44)45-21-23-12-5-4-6-13-23/h7-9,15-16,27-29,31H,10-14,17-24H2,1-6H3,(H,38,44);4-6,12-13,24-26,28H,7-11,14-21H2,1-3H3,(H,34,41)(H,39,40)/t28-,29-,31-;25-,26-,28-/m00/s1. The van der Waals surface area contributed by atoms with Crippen LogP contribution < -0.4 is 10.6 Å². The second-order valence-corrected chi connectivity index (χ2v) is 27.7. The monoisotopic (exact) mass is 1310 g/mol. The first kappa shape index (κ1) is 73.5. The van der Waals surface area contributed by atoms with Crippen LogP contribution in [0.3, 0.4) is 0 Å². The highest BCUT2D eigenvalue weighted by Crippen LogP contribution is 2.39. The van der Waals surface area contributed by atoms with Crippen molar-refractivity contribution < 1.29 is 76.9 Å². The third kappa shape index (κ3) is 18.5. The minimum absolute atomic E-state index is 0.0830. The second-order valence-electron chi connectivity index (χ2n) is 27.7. The molecule has 0 radical (unpaired) electrons. The molecule has 2 aromatic rings. The number of likely N-dealkylation sites (tertiary alicyclic amines) is 2. The molecule has 24 heteroatoms. The first-order valence-electron chi connectivity index (χ1n) is 33.7. The maximum Gasteiger partial charge on any atom is 0.410 e. The average Bonchev–Trinajstić information content (AvgIpc) is 1.47. The fourth-order valence-electron chi connectivity index (χ4n) is 14.9. The number of esters is 1. The number of carboxylic acids is 1. The molecule has 3 N–H and O–H groups in total. The molecule has 24 nitrogen and oxygen atoms in total. The number of carboxylic acid groups (broad SMARTS) is 1. The summed E-state index contributed by atoms with van der Waals surface area (Å²) in [6, 6.07) is 13.0. The van der Waals surface area contributed by atoms with Crippen molar-refractivity contribution in [3.05, 3.63) is 71.8 Å². The summed E-state index contributed by atoms with van der Waals surface area (Å²) in [5, 5.41) is 15.4. The van der Waals surface area contributed by atoms with Gasteiger partial charge in [-0.1, -0.05) is 112 Å². The molecule has 516 valence electrons. The molecule has 2 aromatic carbocycles. The number of likely N-dealkylation sites (N-methyl/N-ethyl adjacent to an activating group) is 4. The summed E-state index contributed by atoms with van der Waals surface area (Å²) in [6.07, 6.45) is 11.1. The smallest absolute Gasteiger partial charge is 0.410 e. The predicted molar refractivity (Wildman–Crippen MR) is 346 cm³/mol. The summed E-state index contributed by atoms with van der Waals surface area (Å²) in [6.45, 7) is 8.71. The lowest BCUT2D eigenvalue weighted by atomic mass is 9.90. The first-order chi connectivity index (χ1) is 44.6. The molecule has 8 rings (SSSR count). The van der Waals surface area contributed by atoms with Crippen LogP contribution in [0, 0.1) is 11.8 Å². The Labute approximate surface area is 552 Å². The zero-order chi connectivity index (χ0) is 68.7. The van der Waals surface area contributed by atoms with Gasteiger partial charge < -0.3 is 49.6 Å². The molecule has 2 heterocycles. The Morgan fingerprint density at radius 2 is 0.862 bits per heavy atom. The molecule has 2 saturated heterocycles. The topological polar surface area (TPSA) is 296 Å². The van der Waals surface area contributed by atoms with E-state index in [0.29, 0.717) is 90.1 Å². The quantitative estimate of drug-likeness (QED) is 0.0677. The number of aliphatic carboxylic acids is 1. The number of Topliss-reactive ketones (excluding diaryl/α,β-unsaturated/α-hetero) is 2. The van der Waals surface area contributed by atoms with Crippen LogP contribution in [0.5, 0.6) is 0 Å². The number of rotatable bonds is 24. The molecule has 4 aliphatic carbocycles. The van der Waals surface area contributed by atoms with Gasteiger partial charge in [0.1, 0.15) is 66.1 Å². The van der Waals surface area contributed by atoms with Crippen LogP contribution in [-0.2, 0) is 75.4 Å². The third-order valence-corrected chi connectivity index (χ3v) is 19.8. The normalized spacial score (nSPS) is 20.5. The van der Waals surface area contributed by atoms with Crippen LogP contribution in [-0.4, -0.2) is 200 Å². The zero-order valence-electron chi connectivity index (χ0n) is 56.5. The highest BCUT2D eigenvalue weighted by atomic mass is 16.6. The molecule has 8 amide bonds. The summed E-state index contributed by atoms with van der Waals surface area (Å²) < 4.78 is 16.5. The summed E-state index contributed by atoms with van der Waals surface area (Å²) in [4.78, 5) is 168. The van der Waals surface area contributed by atoms with E-state index in [1.165, 1.54) is 57.3 Å². The molecule has 0 aromatic heterocycles. The second kappa shape index (κ2) is 33.0. The minimum atomic E-state index is -1.25. The zero-order valence-corrected chi connectivity index (χ0v) is 56.5. The maximum absolute atomic E-state index is 14.5. The lowest BCUT2D eigenvalue weighted by molar-refractivity contribution is -0.160. The van der Waals surface area contributed by atoms with Crippen molar-refractivity contribution >= 4 is 71.1 Å². The molecule has 94 heavy (non-hydrogen) atoms. The fraction of sp³-hybridized carbons (Fsp3) is 0.657. The van der Waals surface area contributed by atoms with Gasteiger partial charge in [0.05, 0.1) is 12.8 Å². The van der Waals surface area contributed by atoms with Gasteiger partial charge in [-0.15, -0.1) is 0 Å². The van der Waals surface area contributed by atoms with E-state index in [2.05, 4.69) is 10.6 Å². The summed E-state index contributed by atoms with van der Waals surface area (Å²) in [7, 11) is 6.07. The number of nitrogens with one attached hydrogen (secondary N) is 2. The van der Waals surface area contributed by atoms with E-state index in [4.69, 9.17) is 14.2 Å². The highest BCUT2D eigenvalue weighted by Gasteiger charge is 2.53. The van der Waals surface area contributed by atoms with Gasteiger partial charge in [-0.2, -0.15) is 0 Å². The molecular formula is C70H100N8O16. The van der Waals surface area contributed by atoms with E-state index in [0.717, 1.165) is 62.5 Å². The van der Waals surface area contributed by atoms with Crippen molar-refractivity contribution in [2.75, 3.05) is 41.3 Å². The number of hydrogen-bond donors (Lipinski definition) is 3. The molecule has 6 fully saturated rings. The van der Waals surface area contributed by atoms with Crippen molar-refractivity contribution in [2.24, 2.45) is 11.8 Å². The number of hydrogen-bond acceptors (Lipinski definition) is 15. The van der Waals surface area contributed by atoms with E-state index in [1.807, 2.05) is 60.7 Å². The van der Waals surface area contributed by atoms with Crippen molar-refractivity contribution in [2.45, 2.75) is 242 Å². The van der Waals surface area contributed by atoms with Gasteiger partial charge in [-0.05, 0) is 135 Å². The van der Waals surface area contributed by atoms with Crippen LogP contribution in [0.1, 0.15) is 187 Å². The number of benzene rings is 2. The third-order valence-electron chi connectivity index (χ3n) is 19.8. The van der Waals surface area contributed by atoms with E-state index < -0.39 is 113 Å². The van der Waals surface area contributed by atoms with Crippen molar-refractivity contribution in [3.8, 4) is 0 Å². The van der Waals surface area contributed by atoms with Crippen LogP contribution in [0.4, 0.5) is 9.59 Å². The van der Waals surface area contributed by atoms with E-state index in [9.17, 15) is 62.6 Å². The van der Waals surface area contributed by atoms with Crippen molar-refractivity contribution in [1.29, 1.82) is 0 Å². The van der Waals surface area contributed by atoms with Crippen LogP contribution in [0.15, 0.2) is 60.7 Å². The Morgan fingerprint density at radius 1 is 0.511 bits per heavy atom.